The van der Waals surface area contributed by atoms with Crippen LogP contribution < -0.4 is 5.73 Å². The van der Waals surface area contributed by atoms with Gasteiger partial charge in [-0.2, -0.15) is 5.10 Å². The molecule has 0 atom stereocenters. The minimum absolute atomic E-state index is 0.0889. The van der Waals surface area contributed by atoms with E-state index in [4.69, 9.17) is 5.73 Å². The van der Waals surface area contributed by atoms with Gasteiger partial charge in [-0.15, -0.1) is 0 Å². The van der Waals surface area contributed by atoms with E-state index in [9.17, 15) is 0 Å². The van der Waals surface area contributed by atoms with Crippen molar-refractivity contribution in [1.29, 1.82) is 0 Å². The number of unbranched alkanes of at least 4 members (excludes halogenated alkanes) is 1. The van der Waals surface area contributed by atoms with Gasteiger partial charge in [-0.05, 0) is 6.42 Å². The summed E-state index contributed by atoms with van der Waals surface area (Å²) >= 11 is 0. The molecular weight excluding hydrogens is 174 g/mol. The van der Waals surface area contributed by atoms with Crippen molar-refractivity contribution in [3.05, 3.63) is 11.8 Å². The Balaban J connectivity index is 2.82. The summed E-state index contributed by atoms with van der Waals surface area (Å²) in [7, 11) is 0. The number of anilines is 1. The van der Waals surface area contributed by atoms with Crippen LogP contribution in [0.4, 0.5) is 5.82 Å². The quantitative estimate of drug-likeness (QED) is 0.805. The standard InChI is InChI=1S/C11H21N3/c1-5-6-7-14-10(12)8-9(13-14)11(2,3)4/h8H,5-7,12H2,1-4H3. The van der Waals surface area contributed by atoms with Gasteiger partial charge < -0.3 is 5.73 Å². The molecule has 0 saturated heterocycles. The molecule has 0 aliphatic rings. The molecule has 0 unspecified atom stereocenters. The van der Waals surface area contributed by atoms with Gasteiger partial charge in [-0.25, -0.2) is 4.68 Å². The van der Waals surface area contributed by atoms with E-state index in [0.29, 0.717) is 0 Å². The van der Waals surface area contributed by atoms with Gasteiger partial charge in [-0.3, -0.25) is 0 Å². The van der Waals surface area contributed by atoms with E-state index in [1.54, 1.807) is 0 Å². The Hall–Kier alpha value is -0.990. The van der Waals surface area contributed by atoms with Gasteiger partial charge in [0, 0.05) is 18.0 Å². The van der Waals surface area contributed by atoms with Crippen LogP contribution in [0.3, 0.4) is 0 Å². The van der Waals surface area contributed by atoms with E-state index >= 15 is 0 Å². The maximum Gasteiger partial charge on any atom is 0.121 e. The molecule has 0 amide bonds. The first-order chi connectivity index (χ1) is 6.45. The van der Waals surface area contributed by atoms with Crippen molar-refractivity contribution in [3.63, 3.8) is 0 Å². The topological polar surface area (TPSA) is 43.8 Å². The number of nitrogen functional groups attached to an aromatic ring is 1. The Kier molecular flexibility index (Phi) is 3.19. The van der Waals surface area contributed by atoms with Gasteiger partial charge in [-0.1, -0.05) is 34.1 Å². The van der Waals surface area contributed by atoms with Crippen LogP contribution in [0.1, 0.15) is 46.2 Å². The van der Waals surface area contributed by atoms with Crippen LogP contribution in [0.15, 0.2) is 6.07 Å². The summed E-state index contributed by atoms with van der Waals surface area (Å²) in [4.78, 5) is 0. The minimum Gasteiger partial charge on any atom is -0.384 e. The highest BCUT2D eigenvalue weighted by Crippen LogP contribution is 2.22. The Bertz CT molecular complexity index is 294. The highest BCUT2D eigenvalue weighted by molar-refractivity contribution is 5.33. The third-order valence-electron chi connectivity index (χ3n) is 2.30. The summed E-state index contributed by atoms with van der Waals surface area (Å²) in [5.74, 6) is 0.781. The number of hydrogen-bond donors (Lipinski definition) is 1. The Morgan fingerprint density at radius 2 is 2.07 bits per heavy atom. The smallest absolute Gasteiger partial charge is 0.121 e. The van der Waals surface area contributed by atoms with Crippen molar-refractivity contribution < 1.29 is 0 Å². The third kappa shape index (κ3) is 2.50. The fraction of sp³-hybridized carbons (Fsp3) is 0.727. The SMILES string of the molecule is CCCCn1nc(C(C)(C)C)cc1N. The molecule has 1 aromatic heterocycles. The normalized spacial score (nSPS) is 12.0. The molecule has 1 rings (SSSR count). The van der Waals surface area contributed by atoms with E-state index < -0.39 is 0 Å². The van der Waals surface area contributed by atoms with Gasteiger partial charge in [0.1, 0.15) is 5.82 Å². The predicted octanol–water partition coefficient (Wildman–Crippen LogP) is 2.56. The zero-order valence-electron chi connectivity index (χ0n) is 9.67. The highest BCUT2D eigenvalue weighted by atomic mass is 15.3. The van der Waals surface area contributed by atoms with Crippen molar-refractivity contribution in [2.45, 2.75) is 52.5 Å². The molecule has 1 heterocycles. The average Bonchev–Trinajstić information content (AvgIpc) is 2.43. The lowest BCUT2D eigenvalue weighted by molar-refractivity contribution is 0.522. The van der Waals surface area contributed by atoms with E-state index in [-0.39, 0.29) is 5.41 Å². The molecule has 3 nitrogen and oxygen atoms in total. The lowest BCUT2D eigenvalue weighted by atomic mass is 9.92. The second-order valence-corrected chi connectivity index (χ2v) is 4.78. The minimum atomic E-state index is 0.0889. The summed E-state index contributed by atoms with van der Waals surface area (Å²) in [5.41, 5.74) is 7.04. The summed E-state index contributed by atoms with van der Waals surface area (Å²) < 4.78 is 1.91. The fourth-order valence-electron chi connectivity index (χ4n) is 1.28. The number of nitrogens with zero attached hydrogens (tertiary/aromatic N) is 2. The van der Waals surface area contributed by atoms with Gasteiger partial charge >= 0.3 is 0 Å². The number of nitrogens with two attached hydrogens (primary N) is 1. The molecule has 0 bridgehead atoms. The van der Waals surface area contributed by atoms with Crippen LogP contribution in [0, 0.1) is 0 Å². The van der Waals surface area contributed by atoms with Crippen molar-refractivity contribution in [2.24, 2.45) is 0 Å². The lowest BCUT2D eigenvalue weighted by Crippen LogP contribution is -2.13. The van der Waals surface area contributed by atoms with Gasteiger partial charge in [0.15, 0.2) is 0 Å². The van der Waals surface area contributed by atoms with Crippen LogP contribution in [0.2, 0.25) is 0 Å². The van der Waals surface area contributed by atoms with Gasteiger partial charge in [0.05, 0.1) is 5.69 Å². The summed E-state index contributed by atoms with van der Waals surface area (Å²) in [5, 5.41) is 4.51. The van der Waals surface area contributed by atoms with Crippen LogP contribution in [-0.2, 0) is 12.0 Å². The van der Waals surface area contributed by atoms with Crippen molar-refractivity contribution in [3.8, 4) is 0 Å². The van der Waals surface area contributed by atoms with Gasteiger partial charge in [0.2, 0.25) is 0 Å². The van der Waals surface area contributed by atoms with E-state index in [1.807, 2.05) is 10.7 Å². The highest BCUT2D eigenvalue weighted by Gasteiger charge is 2.18. The average molecular weight is 195 g/mol. The van der Waals surface area contributed by atoms with E-state index in [2.05, 4.69) is 32.8 Å². The second kappa shape index (κ2) is 4.03. The molecule has 1 aromatic rings. The largest absolute Gasteiger partial charge is 0.384 e. The second-order valence-electron chi connectivity index (χ2n) is 4.78. The molecular formula is C11H21N3. The number of rotatable bonds is 3. The molecule has 3 heteroatoms. The van der Waals surface area contributed by atoms with Crippen LogP contribution in [0.25, 0.3) is 0 Å². The fourth-order valence-corrected chi connectivity index (χ4v) is 1.28. The monoisotopic (exact) mass is 195 g/mol. The number of aromatic nitrogens is 2. The number of aryl methyl sites for hydroxylation is 1. The van der Waals surface area contributed by atoms with Crippen LogP contribution in [-0.4, -0.2) is 9.78 Å². The van der Waals surface area contributed by atoms with Crippen molar-refractivity contribution in [1.82, 2.24) is 9.78 Å². The first-order valence-corrected chi connectivity index (χ1v) is 5.29. The van der Waals surface area contributed by atoms with Crippen LogP contribution in [0.5, 0.6) is 0 Å². The summed E-state index contributed by atoms with van der Waals surface area (Å²) in [6, 6.07) is 1.98. The predicted molar refractivity (Wildman–Crippen MR) is 60.2 cm³/mol. The summed E-state index contributed by atoms with van der Waals surface area (Å²) in [6.45, 7) is 9.56. The molecule has 0 aliphatic heterocycles. The molecule has 0 aromatic carbocycles. The zero-order chi connectivity index (χ0) is 10.8. The first-order valence-electron chi connectivity index (χ1n) is 5.29. The zero-order valence-corrected chi connectivity index (χ0v) is 9.67. The maximum absolute atomic E-state index is 5.88. The van der Waals surface area contributed by atoms with Crippen LogP contribution >= 0.6 is 0 Å². The molecule has 0 radical (unpaired) electrons. The van der Waals surface area contributed by atoms with Crippen molar-refractivity contribution in [2.75, 3.05) is 5.73 Å². The van der Waals surface area contributed by atoms with E-state index in [1.165, 1.54) is 6.42 Å². The third-order valence-corrected chi connectivity index (χ3v) is 2.30. The Labute approximate surface area is 86.3 Å². The first kappa shape index (κ1) is 11.1. The molecule has 80 valence electrons. The number of hydrogen-bond acceptors (Lipinski definition) is 2. The Morgan fingerprint density at radius 1 is 1.43 bits per heavy atom. The molecule has 14 heavy (non-hydrogen) atoms. The summed E-state index contributed by atoms with van der Waals surface area (Å²) in [6.07, 6.45) is 2.31. The maximum atomic E-state index is 5.88. The molecule has 0 aliphatic carbocycles. The van der Waals surface area contributed by atoms with Gasteiger partial charge in [0.25, 0.3) is 0 Å². The van der Waals surface area contributed by atoms with Crippen molar-refractivity contribution >= 4 is 5.82 Å². The van der Waals surface area contributed by atoms with E-state index in [0.717, 1.165) is 24.5 Å². The molecule has 0 fully saturated rings. The molecule has 0 saturated carbocycles. The lowest BCUT2D eigenvalue weighted by Gasteiger charge is -2.14. The Morgan fingerprint density at radius 3 is 2.50 bits per heavy atom. The molecule has 2 N–H and O–H groups in total. The molecule has 0 spiro atoms.